The molecule has 0 spiro atoms. The van der Waals surface area contributed by atoms with E-state index in [2.05, 4.69) is 10.3 Å². The molecule has 1 aromatic carbocycles. The quantitative estimate of drug-likeness (QED) is 0.946. The average Bonchev–Trinajstić information content (AvgIpc) is 2.93. The Morgan fingerprint density at radius 2 is 2.20 bits per heavy atom. The van der Waals surface area contributed by atoms with Gasteiger partial charge in [0.1, 0.15) is 0 Å². The molecule has 0 radical (unpaired) electrons. The molecule has 3 rings (SSSR count). The maximum atomic E-state index is 12.2. The Balaban J connectivity index is 1.56. The number of hydrogen-bond donors (Lipinski definition) is 1. The number of halogens is 1. The van der Waals surface area contributed by atoms with E-state index in [0.717, 1.165) is 24.8 Å². The third-order valence-corrected chi connectivity index (χ3v) is 4.79. The molecule has 2 aromatic rings. The first-order chi connectivity index (χ1) is 9.72. The molecular formula is C15H15ClN2OS. The third-order valence-electron chi connectivity index (χ3n) is 3.64. The van der Waals surface area contributed by atoms with Gasteiger partial charge in [-0.2, -0.15) is 0 Å². The lowest BCUT2D eigenvalue weighted by Gasteiger charge is -2.20. The topological polar surface area (TPSA) is 42.0 Å². The SMILES string of the molecule is O=C(NCc1ccc(Cl)cc1)C1CCc2ncsc2C1. The summed E-state index contributed by atoms with van der Waals surface area (Å²) < 4.78 is 0. The number of aromatic nitrogens is 1. The summed E-state index contributed by atoms with van der Waals surface area (Å²) in [7, 11) is 0. The summed E-state index contributed by atoms with van der Waals surface area (Å²) in [6, 6.07) is 7.55. The molecule has 1 amide bonds. The van der Waals surface area contributed by atoms with Crippen LogP contribution in [0.5, 0.6) is 0 Å². The van der Waals surface area contributed by atoms with Gasteiger partial charge in [0.05, 0.1) is 11.2 Å². The molecule has 3 nitrogen and oxygen atoms in total. The van der Waals surface area contributed by atoms with E-state index in [4.69, 9.17) is 11.6 Å². The van der Waals surface area contributed by atoms with Gasteiger partial charge >= 0.3 is 0 Å². The fraction of sp³-hybridized carbons (Fsp3) is 0.333. The number of hydrogen-bond acceptors (Lipinski definition) is 3. The predicted octanol–water partition coefficient (Wildman–Crippen LogP) is 3.22. The summed E-state index contributed by atoms with van der Waals surface area (Å²) >= 11 is 7.50. The Kier molecular flexibility index (Phi) is 4.03. The lowest BCUT2D eigenvalue weighted by Crippen LogP contribution is -2.33. The second-order valence-corrected chi connectivity index (χ2v) is 6.38. The molecule has 0 fully saturated rings. The molecule has 0 bridgehead atoms. The summed E-state index contributed by atoms with van der Waals surface area (Å²) in [5.74, 6) is 0.217. The number of benzene rings is 1. The van der Waals surface area contributed by atoms with Crippen molar-refractivity contribution in [2.45, 2.75) is 25.8 Å². The summed E-state index contributed by atoms with van der Waals surface area (Å²) in [5.41, 5.74) is 4.12. The van der Waals surface area contributed by atoms with Crippen LogP contribution < -0.4 is 5.32 Å². The number of aryl methyl sites for hydroxylation is 1. The van der Waals surface area contributed by atoms with Crippen LogP contribution in [-0.2, 0) is 24.2 Å². The second-order valence-electron chi connectivity index (χ2n) is 5.01. The van der Waals surface area contributed by atoms with Crippen molar-refractivity contribution in [3.63, 3.8) is 0 Å². The minimum Gasteiger partial charge on any atom is -0.352 e. The Hall–Kier alpha value is -1.39. The molecule has 0 saturated heterocycles. The van der Waals surface area contributed by atoms with E-state index in [1.54, 1.807) is 11.3 Å². The zero-order chi connectivity index (χ0) is 13.9. The van der Waals surface area contributed by atoms with Gasteiger partial charge in [0, 0.05) is 22.4 Å². The summed E-state index contributed by atoms with van der Waals surface area (Å²) in [5, 5.41) is 3.73. The van der Waals surface area contributed by atoms with E-state index < -0.39 is 0 Å². The third kappa shape index (κ3) is 3.02. The molecule has 1 aliphatic rings. The van der Waals surface area contributed by atoms with Gasteiger partial charge in [-0.05, 0) is 37.0 Å². The number of carbonyl (C=O) groups excluding carboxylic acids is 1. The number of thiazole rings is 1. The number of amides is 1. The Morgan fingerprint density at radius 1 is 1.40 bits per heavy atom. The van der Waals surface area contributed by atoms with Crippen molar-refractivity contribution in [2.24, 2.45) is 5.92 Å². The molecular weight excluding hydrogens is 292 g/mol. The van der Waals surface area contributed by atoms with Crippen molar-refractivity contribution < 1.29 is 4.79 Å². The first-order valence-electron chi connectivity index (χ1n) is 6.66. The highest BCUT2D eigenvalue weighted by molar-refractivity contribution is 7.09. The maximum absolute atomic E-state index is 12.2. The number of rotatable bonds is 3. The molecule has 1 unspecified atom stereocenters. The summed E-state index contributed by atoms with van der Waals surface area (Å²) in [4.78, 5) is 17.8. The average molecular weight is 307 g/mol. The highest BCUT2D eigenvalue weighted by Gasteiger charge is 2.25. The first-order valence-corrected chi connectivity index (χ1v) is 7.91. The number of nitrogens with zero attached hydrogens (tertiary/aromatic N) is 1. The van der Waals surface area contributed by atoms with E-state index in [-0.39, 0.29) is 11.8 Å². The molecule has 5 heteroatoms. The van der Waals surface area contributed by atoms with Crippen molar-refractivity contribution in [3.8, 4) is 0 Å². The van der Waals surface area contributed by atoms with Crippen LogP contribution in [0.4, 0.5) is 0 Å². The maximum Gasteiger partial charge on any atom is 0.223 e. The van der Waals surface area contributed by atoms with Crippen molar-refractivity contribution in [1.82, 2.24) is 10.3 Å². The van der Waals surface area contributed by atoms with Gasteiger partial charge in [-0.1, -0.05) is 23.7 Å². The van der Waals surface area contributed by atoms with Crippen LogP contribution in [0, 0.1) is 5.92 Å². The standard InChI is InChI=1S/C15H15ClN2OS/c16-12-4-1-10(2-5-12)8-17-15(19)11-3-6-13-14(7-11)20-9-18-13/h1-2,4-5,9,11H,3,6-8H2,(H,17,19). The van der Waals surface area contributed by atoms with Gasteiger partial charge in [-0.3, -0.25) is 4.79 Å². The zero-order valence-electron chi connectivity index (χ0n) is 10.9. The molecule has 1 heterocycles. The fourth-order valence-corrected chi connectivity index (χ4v) is 3.48. The van der Waals surface area contributed by atoms with Crippen LogP contribution in [-0.4, -0.2) is 10.9 Å². The lowest BCUT2D eigenvalue weighted by atomic mass is 9.90. The van der Waals surface area contributed by atoms with Gasteiger partial charge in [0.25, 0.3) is 0 Å². The highest BCUT2D eigenvalue weighted by atomic mass is 35.5. The lowest BCUT2D eigenvalue weighted by molar-refractivity contribution is -0.125. The van der Waals surface area contributed by atoms with Crippen molar-refractivity contribution in [2.75, 3.05) is 0 Å². The minimum atomic E-state index is 0.0789. The van der Waals surface area contributed by atoms with Crippen LogP contribution in [0.25, 0.3) is 0 Å². The van der Waals surface area contributed by atoms with E-state index >= 15 is 0 Å². The molecule has 1 N–H and O–H groups in total. The predicted molar refractivity (Wildman–Crippen MR) is 80.9 cm³/mol. The normalized spacial score (nSPS) is 17.6. The van der Waals surface area contributed by atoms with Gasteiger partial charge in [0.2, 0.25) is 5.91 Å². The molecule has 1 aromatic heterocycles. The van der Waals surface area contributed by atoms with Crippen LogP contribution in [0.1, 0.15) is 22.6 Å². The molecule has 0 aliphatic heterocycles. The molecule has 20 heavy (non-hydrogen) atoms. The van der Waals surface area contributed by atoms with Gasteiger partial charge in [-0.15, -0.1) is 11.3 Å². The number of carbonyl (C=O) groups is 1. The monoisotopic (exact) mass is 306 g/mol. The van der Waals surface area contributed by atoms with Crippen molar-refractivity contribution in [1.29, 1.82) is 0 Å². The zero-order valence-corrected chi connectivity index (χ0v) is 12.5. The minimum absolute atomic E-state index is 0.0789. The molecule has 1 aliphatic carbocycles. The van der Waals surface area contributed by atoms with E-state index in [9.17, 15) is 4.79 Å². The smallest absolute Gasteiger partial charge is 0.223 e. The van der Waals surface area contributed by atoms with Gasteiger partial charge in [0.15, 0.2) is 0 Å². The van der Waals surface area contributed by atoms with E-state index in [0.29, 0.717) is 11.6 Å². The Morgan fingerprint density at radius 3 is 3.00 bits per heavy atom. The molecule has 104 valence electrons. The Labute approximate surface area is 127 Å². The van der Waals surface area contributed by atoms with Gasteiger partial charge in [-0.25, -0.2) is 4.98 Å². The van der Waals surface area contributed by atoms with Gasteiger partial charge < -0.3 is 5.32 Å². The number of fused-ring (bicyclic) bond motifs is 1. The van der Waals surface area contributed by atoms with Crippen LogP contribution in [0.2, 0.25) is 5.02 Å². The first kappa shape index (κ1) is 13.6. The highest BCUT2D eigenvalue weighted by Crippen LogP contribution is 2.27. The van der Waals surface area contributed by atoms with Crippen LogP contribution in [0.15, 0.2) is 29.8 Å². The molecule has 0 saturated carbocycles. The van der Waals surface area contributed by atoms with Crippen LogP contribution in [0.3, 0.4) is 0 Å². The summed E-state index contributed by atoms with van der Waals surface area (Å²) in [6.45, 7) is 0.558. The second kappa shape index (κ2) is 5.94. The van der Waals surface area contributed by atoms with E-state index in [1.807, 2.05) is 29.8 Å². The Bertz CT molecular complexity index is 609. The fourth-order valence-electron chi connectivity index (χ4n) is 2.46. The largest absolute Gasteiger partial charge is 0.352 e. The summed E-state index contributed by atoms with van der Waals surface area (Å²) in [6.07, 6.45) is 2.63. The van der Waals surface area contributed by atoms with Crippen molar-refractivity contribution in [3.05, 3.63) is 50.9 Å². The van der Waals surface area contributed by atoms with Crippen LogP contribution >= 0.6 is 22.9 Å². The van der Waals surface area contributed by atoms with E-state index in [1.165, 1.54) is 10.6 Å². The van der Waals surface area contributed by atoms with Crippen molar-refractivity contribution >= 4 is 28.8 Å². The molecule has 1 atom stereocenters. The number of nitrogens with one attached hydrogen (secondary N) is 1.